The van der Waals surface area contributed by atoms with Crippen molar-refractivity contribution in [3.05, 3.63) is 17.5 Å². The lowest BCUT2D eigenvalue weighted by molar-refractivity contribution is -0.129. The topological polar surface area (TPSA) is 82.9 Å². The molecule has 2 heterocycles. The highest BCUT2D eigenvalue weighted by molar-refractivity contribution is 5.78. The Hall–Kier alpha value is -1.48. The van der Waals surface area contributed by atoms with Gasteiger partial charge in [0.1, 0.15) is 6.10 Å². The number of aliphatic hydroxyl groups is 1. The number of carbonyl (C=O) groups excluding carboxylic acids is 1. The summed E-state index contributed by atoms with van der Waals surface area (Å²) in [5.74, 6) is -0.0667. The summed E-state index contributed by atoms with van der Waals surface area (Å²) < 4.78 is 7.80. The van der Waals surface area contributed by atoms with E-state index < -0.39 is 6.10 Å². The van der Waals surface area contributed by atoms with E-state index in [4.69, 9.17) is 4.74 Å². The summed E-state index contributed by atoms with van der Waals surface area (Å²) in [5, 5.41) is 18.0. The van der Waals surface area contributed by atoms with Crippen molar-refractivity contribution in [2.75, 3.05) is 47.4 Å². The Balaban J connectivity index is 1.76. The minimum absolute atomic E-state index is 0.0667. The van der Waals surface area contributed by atoms with Crippen LogP contribution in [0.4, 0.5) is 0 Å². The van der Waals surface area contributed by atoms with Crippen molar-refractivity contribution in [3.63, 3.8) is 0 Å². The average Bonchev–Trinajstić information content (AvgIpc) is 2.88. The first kappa shape index (κ1) is 21.8. The lowest BCUT2D eigenvalue weighted by Crippen LogP contribution is -2.56. The lowest BCUT2D eigenvalue weighted by Gasteiger charge is -2.37. The summed E-state index contributed by atoms with van der Waals surface area (Å²) in [4.78, 5) is 16.0. The predicted molar refractivity (Wildman–Crippen MR) is 105 cm³/mol. The Morgan fingerprint density at radius 1 is 1.41 bits per heavy atom. The zero-order chi connectivity index (χ0) is 20.0. The second-order valence-corrected chi connectivity index (χ2v) is 7.87. The maximum absolute atomic E-state index is 12.0. The zero-order valence-electron chi connectivity index (χ0n) is 17.3. The summed E-state index contributed by atoms with van der Waals surface area (Å²) in [6.07, 6.45) is 0.633. The van der Waals surface area contributed by atoms with Gasteiger partial charge in [0.15, 0.2) is 0 Å². The van der Waals surface area contributed by atoms with E-state index in [0.717, 1.165) is 25.2 Å². The third-order valence-corrected chi connectivity index (χ3v) is 4.86. The molecular weight excluding hydrogens is 346 g/mol. The molecule has 1 saturated heterocycles. The number of hydrogen-bond donors (Lipinski definition) is 2. The van der Waals surface area contributed by atoms with Gasteiger partial charge in [0.05, 0.1) is 24.4 Å². The molecule has 0 saturated carbocycles. The molecule has 0 unspecified atom stereocenters. The SMILES string of the molecule is Cc1cc(C)n(CCCN(C)C[C@H]2OCC[C@H](NC(=O)CN(C)C)[C@@H]2O)n1. The molecule has 2 N–H and O–H groups in total. The molecule has 8 nitrogen and oxygen atoms in total. The first-order chi connectivity index (χ1) is 12.8. The van der Waals surface area contributed by atoms with Crippen molar-refractivity contribution in [1.29, 1.82) is 0 Å². The first-order valence-electron chi connectivity index (χ1n) is 9.69. The van der Waals surface area contributed by atoms with E-state index in [1.165, 1.54) is 5.69 Å². The van der Waals surface area contributed by atoms with E-state index in [1.807, 2.05) is 37.6 Å². The maximum Gasteiger partial charge on any atom is 0.234 e. The van der Waals surface area contributed by atoms with Gasteiger partial charge in [-0.2, -0.15) is 5.10 Å². The molecule has 1 aliphatic heterocycles. The normalized spacial score (nSPS) is 23.2. The molecule has 8 heteroatoms. The summed E-state index contributed by atoms with van der Waals surface area (Å²) >= 11 is 0. The summed E-state index contributed by atoms with van der Waals surface area (Å²) in [6, 6.07) is 1.83. The van der Waals surface area contributed by atoms with Gasteiger partial charge in [0, 0.05) is 25.4 Å². The van der Waals surface area contributed by atoms with Crippen LogP contribution in [0.2, 0.25) is 0 Å². The number of likely N-dealkylation sites (N-methyl/N-ethyl adjacent to an activating group) is 2. The van der Waals surface area contributed by atoms with Gasteiger partial charge in [-0.15, -0.1) is 0 Å². The Bertz CT molecular complexity index is 604. The molecule has 0 aliphatic carbocycles. The number of aliphatic hydroxyl groups excluding tert-OH is 1. The molecule has 1 aliphatic rings. The molecule has 0 bridgehead atoms. The van der Waals surface area contributed by atoms with Crippen molar-refractivity contribution in [2.45, 2.75) is 51.5 Å². The first-order valence-corrected chi connectivity index (χ1v) is 9.69. The molecule has 0 spiro atoms. The van der Waals surface area contributed by atoms with Crippen LogP contribution in [-0.4, -0.2) is 96.2 Å². The van der Waals surface area contributed by atoms with Crippen LogP contribution < -0.4 is 5.32 Å². The summed E-state index contributed by atoms with van der Waals surface area (Å²) in [7, 11) is 5.74. The van der Waals surface area contributed by atoms with Crippen molar-refractivity contribution in [2.24, 2.45) is 0 Å². The molecular formula is C19H35N5O3. The van der Waals surface area contributed by atoms with Crippen LogP contribution >= 0.6 is 0 Å². The second-order valence-electron chi connectivity index (χ2n) is 7.87. The lowest BCUT2D eigenvalue weighted by atomic mass is 9.99. The molecule has 1 aromatic heterocycles. The van der Waals surface area contributed by atoms with Crippen molar-refractivity contribution in [1.82, 2.24) is 24.9 Å². The molecule has 1 aromatic rings. The molecule has 1 fully saturated rings. The molecule has 0 aromatic carbocycles. The molecule has 0 radical (unpaired) electrons. The number of ether oxygens (including phenoxy) is 1. The van der Waals surface area contributed by atoms with Crippen LogP contribution in [0.15, 0.2) is 6.07 Å². The van der Waals surface area contributed by atoms with Gasteiger partial charge in [-0.25, -0.2) is 0 Å². The minimum Gasteiger partial charge on any atom is -0.388 e. The number of hydrogen-bond acceptors (Lipinski definition) is 6. The number of aromatic nitrogens is 2. The van der Waals surface area contributed by atoms with Gasteiger partial charge in [-0.3, -0.25) is 9.48 Å². The monoisotopic (exact) mass is 381 g/mol. The third kappa shape index (κ3) is 6.88. The van der Waals surface area contributed by atoms with E-state index in [-0.39, 0.29) is 18.1 Å². The van der Waals surface area contributed by atoms with Gasteiger partial charge < -0.3 is 25.0 Å². The van der Waals surface area contributed by atoms with Crippen LogP contribution in [0.5, 0.6) is 0 Å². The Labute approximate surface area is 162 Å². The number of amides is 1. The van der Waals surface area contributed by atoms with Crippen LogP contribution in [0.1, 0.15) is 24.2 Å². The molecule has 3 atom stereocenters. The third-order valence-electron chi connectivity index (χ3n) is 4.86. The fraction of sp³-hybridized carbons (Fsp3) is 0.789. The maximum atomic E-state index is 12.0. The number of nitrogens with zero attached hydrogens (tertiary/aromatic N) is 4. The fourth-order valence-electron chi connectivity index (χ4n) is 3.52. The quantitative estimate of drug-likeness (QED) is 0.627. The Morgan fingerprint density at radius 2 is 2.15 bits per heavy atom. The largest absolute Gasteiger partial charge is 0.388 e. The van der Waals surface area contributed by atoms with Gasteiger partial charge in [-0.1, -0.05) is 0 Å². The van der Waals surface area contributed by atoms with Crippen LogP contribution in [0, 0.1) is 13.8 Å². The number of aryl methyl sites for hydroxylation is 3. The zero-order valence-corrected chi connectivity index (χ0v) is 17.3. The Kier molecular flexibility index (Phi) is 8.22. The standard InChI is InChI=1S/C19H35N5O3/c1-14-11-15(2)24(21-14)9-6-8-23(5)12-17-19(26)16(7-10-27-17)20-18(25)13-22(3)4/h11,16-17,19,26H,6-10,12-13H2,1-5H3,(H,20,25)/t16-,17+,19-/m0/s1. The van der Waals surface area contributed by atoms with E-state index >= 15 is 0 Å². The van der Waals surface area contributed by atoms with Crippen molar-refractivity contribution >= 4 is 5.91 Å². The average molecular weight is 382 g/mol. The van der Waals surface area contributed by atoms with E-state index in [0.29, 0.717) is 26.1 Å². The van der Waals surface area contributed by atoms with E-state index in [9.17, 15) is 9.90 Å². The fourth-order valence-corrected chi connectivity index (χ4v) is 3.52. The second kappa shape index (κ2) is 10.2. The molecule has 1 amide bonds. The van der Waals surface area contributed by atoms with Crippen LogP contribution in [0.25, 0.3) is 0 Å². The summed E-state index contributed by atoms with van der Waals surface area (Å²) in [5.41, 5.74) is 2.22. The van der Waals surface area contributed by atoms with Gasteiger partial charge >= 0.3 is 0 Å². The highest BCUT2D eigenvalue weighted by atomic mass is 16.5. The van der Waals surface area contributed by atoms with Crippen LogP contribution in [-0.2, 0) is 16.1 Å². The number of rotatable bonds is 9. The Morgan fingerprint density at radius 3 is 2.78 bits per heavy atom. The number of nitrogens with one attached hydrogen (secondary N) is 1. The van der Waals surface area contributed by atoms with Gasteiger partial charge in [-0.05, 0) is 60.4 Å². The van der Waals surface area contributed by atoms with Crippen molar-refractivity contribution < 1.29 is 14.6 Å². The van der Waals surface area contributed by atoms with E-state index in [2.05, 4.69) is 28.3 Å². The molecule has 2 rings (SSSR count). The highest BCUT2D eigenvalue weighted by Gasteiger charge is 2.34. The number of carbonyl (C=O) groups is 1. The smallest absolute Gasteiger partial charge is 0.234 e. The molecule has 27 heavy (non-hydrogen) atoms. The van der Waals surface area contributed by atoms with Gasteiger partial charge in [0.2, 0.25) is 5.91 Å². The van der Waals surface area contributed by atoms with E-state index in [1.54, 1.807) is 0 Å². The molecule has 154 valence electrons. The predicted octanol–water partition coefficient (Wildman–Crippen LogP) is 0.0180. The van der Waals surface area contributed by atoms with Gasteiger partial charge in [0.25, 0.3) is 0 Å². The minimum atomic E-state index is -0.691. The van der Waals surface area contributed by atoms with Crippen LogP contribution in [0.3, 0.4) is 0 Å². The van der Waals surface area contributed by atoms with Crippen molar-refractivity contribution in [3.8, 4) is 0 Å². The highest BCUT2D eigenvalue weighted by Crippen LogP contribution is 2.16. The summed E-state index contributed by atoms with van der Waals surface area (Å²) in [6.45, 7) is 7.35.